The first-order valence-electron chi connectivity index (χ1n) is 3.20. The highest BCUT2D eigenvalue weighted by molar-refractivity contribution is 7.81. The zero-order chi connectivity index (χ0) is 9.90. The number of carbonyl (C=O) groups excluding carboxylic acids is 1. The van der Waals surface area contributed by atoms with Crippen LogP contribution >= 0.6 is 0 Å². The number of aldehydes is 1. The average Bonchev–Trinajstić information content (AvgIpc) is 2.03. The van der Waals surface area contributed by atoms with E-state index in [4.69, 9.17) is 0 Å². The molecule has 70 valence electrons. The molecule has 0 radical (unpaired) electrons. The molecule has 0 saturated heterocycles. The van der Waals surface area contributed by atoms with Gasteiger partial charge in [-0.2, -0.15) is 8.42 Å². The molecule has 13 heavy (non-hydrogen) atoms. The molecule has 1 aromatic rings. The Morgan fingerprint density at radius 1 is 1.23 bits per heavy atom. The lowest BCUT2D eigenvalue weighted by molar-refractivity contribution is 0.112. The van der Waals surface area contributed by atoms with Crippen LogP contribution in [0.15, 0.2) is 24.3 Å². The number of carbonyl (C=O) groups is 1. The lowest BCUT2D eigenvalue weighted by Crippen LogP contribution is -2.00. The van der Waals surface area contributed by atoms with Gasteiger partial charge in [0, 0.05) is 5.56 Å². The van der Waals surface area contributed by atoms with Crippen LogP contribution in [0.1, 0.15) is 10.4 Å². The SMILES string of the molecule is O=Cc1ccc(OS(=O)(=O)F)cc1. The van der Waals surface area contributed by atoms with Crippen LogP contribution in [0.2, 0.25) is 0 Å². The van der Waals surface area contributed by atoms with E-state index in [9.17, 15) is 17.1 Å². The van der Waals surface area contributed by atoms with Gasteiger partial charge >= 0.3 is 10.5 Å². The molecule has 0 atom stereocenters. The van der Waals surface area contributed by atoms with Crippen LogP contribution in [-0.2, 0) is 10.5 Å². The van der Waals surface area contributed by atoms with Crippen LogP contribution in [0.3, 0.4) is 0 Å². The summed E-state index contributed by atoms with van der Waals surface area (Å²) in [4.78, 5) is 10.2. The molecule has 0 N–H and O–H groups in total. The van der Waals surface area contributed by atoms with Gasteiger partial charge in [0.2, 0.25) is 0 Å². The highest BCUT2D eigenvalue weighted by Crippen LogP contribution is 2.13. The number of benzene rings is 1. The van der Waals surface area contributed by atoms with E-state index in [1.807, 2.05) is 0 Å². The zero-order valence-corrected chi connectivity index (χ0v) is 7.12. The van der Waals surface area contributed by atoms with Crippen molar-refractivity contribution in [3.63, 3.8) is 0 Å². The van der Waals surface area contributed by atoms with Gasteiger partial charge in [-0.1, -0.05) is 3.89 Å². The quantitative estimate of drug-likeness (QED) is 0.546. The van der Waals surface area contributed by atoms with Gasteiger partial charge in [0.25, 0.3) is 0 Å². The van der Waals surface area contributed by atoms with Crippen molar-refractivity contribution in [3.05, 3.63) is 29.8 Å². The fourth-order valence-electron chi connectivity index (χ4n) is 0.717. The van der Waals surface area contributed by atoms with E-state index >= 15 is 0 Å². The fraction of sp³-hybridized carbons (Fsp3) is 0. The second kappa shape index (κ2) is 3.53. The van der Waals surface area contributed by atoms with E-state index in [0.717, 1.165) is 0 Å². The number of hydrogen-bond acceptors (Lipinski definition) is 4. The fourth-order valence-corrected chi connectivity index (χ4v) is 1.06. The van der Waals surface area contributed by atoms with Gasteiger partial charge in [-0.05, 0) is 24.3 Å². The average molecular weight is 204 g/mol. The van der Waals surface area contributed by atoms with Crippen LogP contribution in [0.4, 0.5) is 3.89 Å². The summed E-state index contributed by atoms with van der Waals surface area (Å²) >= 11 is 0. The van der Waals surface area contributed by atoms with Gasteiger partial charge in [0.1, 0.15) is 12.0 Å². The number of hydrogen-bond donors (Lipinski definition) is 0. The standard InChI is InChI=1S/C7H5FO4S/c8-13(10,11)12-7-3-1-6(5-9)2-4-7/h1-5H. The Bertz CT molecular complexity index is 395. The lowest BCUT2D eigenvalue weighted by Gasteiger charge is -1.98. The normalized spacial score (nSPS) is 10.8. The molecule has 0 unspecified atom stereocenters. The summed E-state index contributed by atoms with van der Waals surface area (Å²) in [5.41, 5.74) is 0.351. The van der Waals surface area contributed by atoms with Gasteiger partial charge in [0.05, 0.1) is 0 Å². The first-order valence-corrected chi connectivity index (χ1v) is 4.51. The molecule has 1 aromatic carbocycles. The van der Waals surface area contributed by atoms with Gasteiger partial charge < -0.3 is 4.18 Å². The second-order valence-electron chi connectivity index (χ2n) is 2.16. The molecule has 0 aliphatic rings. The summed E-state index contributed by atoms with van der Waals surface area (Å²) < 4.78 is 35.8. The largest absolute Gasteiger partial charge is 0.488 e. The Balaban J connectivity index is 2.87. The lowest BCUT2D eigenvalue weighted by atomic mass is 10.2. The number of halogens is 1. The van der Waals surface area contributed by atoms with Crippen molar-refractivity contribution in [2.75, 3.05) is 0 Å². The summed E-state index contributed by atoms with van der Waals surface area (Å²) in [5.74, 6) is -0.173. The molecule has 0 saturated carbocycles. The van der Waals surface area contributed by atoms with Crippen molar-refractivity contribution in [2.45, 2.75) is 0 Å². The maximum Gasteiger partial charge on any atom is 0.488 e. The summed E-state index contributed by atoms with van der Waals surface area (Å²) in [5, 5.41) is 0. The molecular formula is C7H5FO4S. The van der Waals surface area contributed by atoms with Crippen molar-refractivity contribution in [2.24, 2.45) is 0 Å². The molecule has 0 bridgehead atoms. The summed E-state index contributed by atoms with van der Waals surface area (Å²) in [7, 11) is -4.99. The Labute approximate surface area is 74.4 Å². The van der Waals surface area contributed by atoms with Crippen LogP contribution in [0.25, 0.3) is 0 Å². The van der Waals surface area contributed by atoms with Crippen LogP contribution in [0, 0.1) is 0 Å². The Hall–Kier alpha value is -1.43. The summed E-state index contributed by atoms with van der Waals surface area (Å²) in [6.45, 7) is 0. The summed E-state index contributed by atoms with van der Waals surface area (Å²) in [6.07, 6.45) is 0.577. The van der Waals surface area contributed by atoms with E-state index in [-0.39, 0.29) is 5.75 Å². The maximum absolute atomic E-state index is 11.9. The second-order valence-corrected chi connectivity index (χ2v) is 3.12. The molecule has 1 rings (SSSR count). The van der Waals surface area contributed by atoms with Crippen molar-refractivity contribution < 1.29 is 21.3 Å². The molecule has 0 aliphatic heterocycles. The zero-order valence-electron chi connectivity index (χ0n) is 6.31. The molecule has 0 heterocycles. The molecule has 0 fully saturated rings. The third-order valence-corrected chi connectivity index (χ3v) is 1.60. The molecule has 0 spiro atoms. The Morgan fingerprint density at radius 2 is 1.77 bits per heavy atom. The van der Waals surface area contributed by atoms with Gasteiger partial charge in [-0.3, -0.25) is 4.79 Å². The van der Waals surface area contributed by atoms with Gasteiger partial charge in [0.15, 0.2) is 0 Å². The van der Waals surface area contributed by atoms with Crippen molar-refractivity contribution >= 4 is 16.8 Å². The Morgan fingerprint density at radius 3 is 2.15 bits per heavy atom. The predicted octanol–water partition coefficient (Wildman–Crippen LogP) is 1.09. The minimum Gasteiger partial charge on any atom is -0.358 e. The topological polar surface area (TPSA) is 60.4 Å². The predicted molar refractivity (Wildman–Crippen MR) is 42.5 cm³/mol. The minimum absolute atomic E-state index is 0.173. The van der Waals surface area contributed by atoms with Crippen LogP contribution in [-0.4, -0.2) is 14.7 Å². The summed E-state index contributed by atoms with van der Waals surface area (Å²) in [6, 6.07) is 4.99. The maximum atomic E-state index is 11.9. The van der Waals surface area contributed by atoms with E-state index in [1.165, 1.54) is 24.3 Å². The van der Waals surface area contributed by atoms with Crippen molar-refractivity contribution in [3.8, 4) is 5.75 Å². The first kappa shape index (κ1) is 9.66. The first-order chi connectivity index (χ1) is 6.01. The minimum atomic E-state index is -4.99. The van der Waals surface area contributed by atoms with Crippen LogP contribution in [0.5, 0.6) is 5.75 Å². The molecule has 6 heteroatoms. The molecule has 4 nitrogen and oxygen atoms in total. The highest BCUT2D eigenvalue weighted by atomic mass is 32.3. The third kappa shape index (κ3) is 3.20. The van der Waals surface area contributed by atoms with E-state index in [2.05, 4.69) is 4.18 Å². The van der Waals surface area contributed by atoms with Crippen LogP contribution < -0.4 is 4.18 Å². The number of rotatable bonds is 3. The molecule has 0 aromatic heterocycles. The molecule has 0 amide bonds. The Kier molecular flexibility index (Phi) is 2.62. The van der Waals surface area contributed by atoms with E-state index in [0.29, 0.717) is 11.8 Å². The monoisotopic (exact) mass is 204 g/mol. The van der Waals surface area contributed by atoms with Crippen molar-refractivity contribution in [1.29, 1.82) is 0 Å². The van der Waals surface area contributed by atoms with Gasteiger partial charge in [-0.15, -0.1) is 0 Å². The van der Waals surface area contributed by atoms with Gasteiger partial charge in [-0.25, -0.2) is 0 Å². The van der Waals surface area contributed by atoms with E-state index in [1.54, 1.807) is 0 Å². The van der Waals surface area contributed by atoms with E-state index < -0.39 is 10.5 Å². The highest BCUT2D eigenvalue weighted by Gasteiger charge is 2.08. The molecule has 0 aliphatic carbocycles. The molecular weight excluding hydrogens is 199 g/mol. The third-order valence-electron chi connectivity index (χ3n) is 1.21. The smallest absolute Gasteiger partial charge is 0.358 e. The van der Waals surface area contributed by atoms with Crippen molar-refractivity contribution in [1.82, 2.24) is 0 Å².